The first-order valence-corrected chi connectivity index (χ1v) is 8.33. The molecule has 0 saturated carbocycles. The van der Waals surface area contributed by atoms with E-state index in [1.165, 1.54) is 0 Å². The molecule has 0 fully saturated rings. The van der Waals surface area contributed by atoms with Crippen LogP contribution in [0.5, 0.6) is 11.5 Å². The molecule has 3 rings (SSSR count). The van der Waals surface area contributed by atoms with Crippen molar-refractivity contribution >= 4 is 21.8 Å². The van der Waals surface area contributed by atoms with Gasteiger partial charge in [-0.15, -0.1) is 0 Å². The van der Waals surface area contributed by atoms with E-state index in [9.17, 15) is 4.79 Å². The summed E-state index contributed by atoms with van der Waals surface area (Å²) in [5, 5.41) is 3.02. The molecule has 120 valence electrons. The number of carbonyl (C=O) groups excluding carboxylic acids is 1. The number of carbonyl (C=O) groups is 1. The molecule has 0 aliphatic carbocycles. The molecule has 1 N–H and O–H groups in total. The number of fused-ring (bicyclic) bond motifs is 1. The Bertz CT molecular complexity index is 717. The number of para-hydroxylation sites is 1. The van der Waals surface area contributed by atoms with Crippen molar-refractivity contribution in [2.75, 3.05) is 13.2 Å². The lowest BCUT2D eigenvalue weighted by Gasteiger charge is -2.26. The predicted octanol–water partition coefficient (Wildman–Crippen LogP) is 3.78. The Morgan fingerprint density at radius 2 is 2.17 bits per heavy atom. The third kappa shape index (κ3) is 3.85. The van der Waals surface area contributed by atoms with E-state index in [2.05, 4.69) is 21.2 Å². The van der Waals surface area contributed by atoms with Gasteiger partial charge in [-0.2, -0.15) is 0 Å². The fourth-order valence-electron chi connectivity index (χ4n) is 2.59. The maximum atomic E-state index is 12.2. The molecule has 0 radical (unpaired) electrons. The summed E-state index contributed by atoms with van der Waals surface area (Å²) in [6.45, 7) is 2.59. The molecule has 5 heteroatoms. The van der Waals surface area contributed by atoms with Crippen LogP contribution in [0.1, 0.15) is 23.6 Å². The molecule has 0 aromatic heterocycles. The van der Waals surface area contributed by atoms with Crippen LogP contribution in [0.25, 0.3) is 0 Å². The molecule has 0 bridgehead atoms. The largest absolute Gasteiger partial charge is 0.493 e. The van der Waals surface area contributed by atoms with Gasteiger partial charge in [-0.3, -0.25) is 4.79 Å². The molecule has 0 saturated heterocycles. The topological polar surface area (TPSA) is 47.6 Å². The average Bonchev–Trinajstić information content (AvgIpc) is 2.54. The van der Waals surface area contributed by atoms with Crippen molar-refractivity contribution in [3.63, 3.8) is 0 Å². The Morgan fingerprint density at radius 3 is 3.00 bits per heavy atom. The Balaban J connectivity index is 1.60. The number of hydrogen-bond acceptors (Lipinski definition) is 3. The Labute approximate surface area is 143 Å². The monoisotopic (exact) mass is 375 g/mol. The lowest BCUT2D eigenvalue weighted by Crippen LogP contribution is -2.35. The maximum absolute atomic E-state index is 12.2. The average molecular weight is 376 g/mol. The Hall–Kier alpha value is -2.01. The van der Waals surface area contributed by atoms with Gasteiger partial charge >= 0.3 is 0 Å². The first-order valence-electron chi connectivity index (χ1n) is 7.53. The first kappa shape index (κ1) is 15.9. The van der Waals surface area contributed by atoms with Crippen LogP contribution in [0.4, 0.5) is 0 Å². The molecule has 1 aliphatic rings. The molecule has 2 aromatic carbocycles. The fraction of sp³-hybridized carbons (Fsp3) is 0.278. The summed E-state index contributed by atoms with van der Waals surface area (Å²) in [4.78, 5) is 12.2. The fourth-order valence-corrected chi connectivity index (χ4v) is 3.20. The van der Waals surface area contributed by atoms with Crippen LogP contribution in [0.15, 0.2) is 46.9 Å². The van der Waals surface area contributed by atoms with E-state index in [-0.39, 0.29) is 18.6 Å². The van der Waals surface area contributed by atoms with Gasteiger partial charge in [-0.25, -0.2) is 0 Å². The highest BCUT2D eigenvalue weighted by molar-refractivity contribution is 9.10. The van der Waals surface area contributed by atoms with E-state index in [1.54, 1.807) is 0 Å². The Morgan fingerprint density at radius 1 is 1.35 bits per heavy atom. The van der Waals surface area contributed by atoms with E-state index in [0.29, 0.717) is 12.4 Å². The van der Waals surface area contributed by atoms with E-state index in [4.69, 9.17) is 9.47 Å². The van der Waals surface area contributed by atoms with Crippen molar-refractivity contribution < 1.29 is 14.3 Å². The minimum atomic E-state index is -0.140. The lowest BCUT2D eigenvalue weighted by atomic mass is 10.0. The number of aryl methyl sites for hydroxylation is 1. The molecule has 1 amide bonds. The van der Waals surface area contributed by atoms with Crippen LogP contribution in [0, 0.1) is 6.92 Å². The standard InChI is InChI=1S/C18H18BrNO3/c1-12-6-7-17(14(19)10-12)23-11-18(21)20-15-8-9-22-16-5-3-2-4-13(15)16/h2-7,10,15H,8-9,11H2,1H3,(H,20,21). The van der Waals surface area contributed by atoms with Gasteiger partial charge in [-0.05, 0) is 46.6 Å². The van der Waals surface area contributed by atoms with Gasteiger partial charge < -0.3 is 14.8 Å². The zero-order chi connectivity index (χ0) is 16.2. The molecule has 1 aliphatic heterocycles. The SMILES string of the molecule is Cc1ccc(OCC(=O)NC2CCOc3ccccc32)c(Br)c1. The third-order valence-electron chi connectivity index (χ3n) is 3.74. The summed E-state index contributed by atoms with van der Waals surface area (Å²) in [6, 6.07) is 13.5. The molecule has 4 nitrogen and oxygen atoms in total. The van der Waals surface area contributed by atoms with Crippen LogP contribution >= 0.6 is 15.9 Å². The van der Waals surface area contributed by atoms with E-state index in [0.717, 1.165) is 27.8 Å². The lowest BCUT2D eigenvalue weighted by molar-refractivity contribution is -0.124. The van der Waals surface area contributed by atoms with E-state index >= 15 is 0 Å². The number of benzene rings is 2. The summed E-state index contributed by atoms with van der Waals surface area (Å²) < 4.78 is 12.0. The van der Waals surface area contributed by atoms with Crippen LogP contribution in [-0.2, 0) is 4.79 Å². The highest BCUT2D eigenvalue weighted by atomic mass is 79.9. The second kappa shape index (κ2) is 7.04. The first-order chi connectivity index (χ1) is 11.1. The molecule has 1 unspecified atom stereocenters. The van der Waals surface area contributed by atoms with Crippen LogP contribution in [-0.4, -0.2) is 19.1 Å². The van der Waals surface area contributed by atoms with Crippen molar-refractivity contribution in [2.24, 2.45) is 0 Å². The van der Waals surface area contributed by atoms with Gasteiger partial charge in [0.2, 0.25) is 0 Å². The van der Waals surface area contributed by atoms with Crippen molar-refractivity contribution in [1.82, 2.24) is 5.32 Å². The molecule has 1 atom stereocenters. The minimum Gasteiger partial charge on any atom is -0.493 e. The van der Waals surface area contributed by atoms with Gasteiger partial charge in [0.15, 0.2) is 6.61 Å². The number of ether oxygens (including phenoxy) is 2. The van der Waals surface area contributed by atoms with Gasteiger partial charge in [0.25, 0.3) is 5.91 Å². The van der Waals surface area contributed by atoms with Gasteiger partial charge in [0, 0.05) is 12.0 Å². The molecule has 0 spiro atoms. The number of hydrogen-bond donors (Lipinski definition) is 1. The summed E-state index contributed by atoms with van der Waals surface area (Å²) in [5.41, 5.74) is 2.15. The zero-order valence-electron chi connectivity index (χ0n) is 12.8. The van der Waals surface area contributed by atoms with Crippen molar-refractivity contribution in [1.29, 1.82) is 0 Å². The summed E-state index contributed by atoms with van der Waals surface area (Å²) >= 11 is 3.44. The Kier molecular flexibility index (Phi) is 4.86. The summed E-state index contributed by atoms with van der Waals surface area (Å²) in [5.74, 6) is 1.36. The van der Waals surface area contributed by atoms with Gasteiger partial charge in [0.1, 0.15) is 11.5 Å². The molecule has 1 heterocycles. The van der Waals surface area contributed by atoms with Gasteiger partial charge in [0.05, 0.1) is 17.1 Å². The van der Waals surface area contributed by atoms with Crippen molar-refractivity contribution in [2.45, 2.75) is 19.4 Å². The molecule has 2 aromatic rings. The smallest absolute Gasteiger partial charge is 0.258 e. The van der Waals surface area contributed by atoms with Crippen molar-refractivity contribution in [3.8, 4) is 11.5 Å². The van der Waals surface area contributed by atoms with E-state index in [1.807, 2.05) is 49.4 Å². The minimum absolute atomic E-state index is 0.0127. The number of nitrogens with one attached hydrogen (secondary N) is 1. The van der Waals surface area contributed by atoms with Gasteiger partial charge in [-0.1, -0.05) is 24.3 Å². The summed E-state index contributed by atoms with van der Waals surface area (Å²) in [6.07, 6.45) is 0.761. The number of amides is 1. The third-order valence-corrected chi connectivity index (χ3v) is 4.36. The molecular weight excluding hydrogens is 358 g/mol. The number of rotatable bonds is 4. The predicted molar refractivity (Wildman–Crippen MR) is 91.8 cm³/mol. The van der Waals surface area contributed by atoms with Crippen LogP contribution in [0.2, 0.25) is 0 Å². The van der Waals surface area contributed by atoms with Crippen molar-refractivity contribution in [3.05, 3.63) is 58.1 Å². The van der Waals surface area contributed by atoms with E-state index < -0.39 is 0 Å². The highest BCUT2D eigenvalue weighted by Gasteiger charge is 2.22. The summed E-state index contributed by atoms with van der Waals surface area (Å²) in [7, 11) is 0. The number of halogens is 1. The highest BCUT2D eigenvalue weighted by Crippen LogP contribution is 2.31. The van der Waals surface area contributed by atoms with Crippen LogP contribution < -0.4 is 14.8 Å². The maximum Gasteiger partial charge on any atom is 0.258 e. The second-order valence-corrected chi connectivity index (χ2v) is 6.37. The normalized spacial score (nSPS) is 16.2. The molecular formula is C18H18BrNO3. The second-order valence-electron chi connectivity index (χ2n) is 5.52. The molecule has 23 heavy (non-hydrogen) atoms. The van der Waals surface area contributed by atoms with Crippen LogP contribution in [0.3, 0.4) is 0 Å². The quantitative estimate of drug-likeness (QED) is 0.884. The zero-order valence-corrected chi connectivity index (χ0v) is 14.4.